The topological polar surface area (TPSA) is 153 Å². The minimum absolute atomic E-state index is 0.0811. The van der Waals surface area contributed by atoms with E-state index in [4.69, 9.17) is 73.1 Å². The number of hydrogen-bond donors (Lipinski definition) is 3. The molecule has 0 radical (unpaired) electrons. The van der Waals surface area contributed by atoms with Crippen molar-refractivity contribution in [3.8, 4) is 61.8 Å². The first-order valence-corrected chi connectivity index (χ1v) is 51.4. The number of fused-ring (bicyclic) bond motifs is 1. The predicted molar refractivity (Wildman–Crippen MR) is 529 cm³/mol. The molecule has 15 aromatic rings. The van der Waals surface area contributed by atoms with Crippen LogP contribution >= 0.6 is 69.6 Å². The number of aromatic nitrogens is 4. The fraction of sp³-hybridized carbons (Fsp3) is 0.215. The van der Waals surface area contributed by atoms with Crippen molar-refractivity contribution in [3.63, 3.8) is 0 Å². The number of para-hydroxylation sites is 1. The van der Waals surface area contributed by atoms with Crippen LogP contribution in [0.2, 0.25) is 30.1 Å². The van der Waals surface area contributed by atoms with Crippen molar-refractivity contribution in [3.05, 3.63) is 384 Å². The SMILES string of the molecule is CC(C)(C)[CH]=[W]=[N]c1c(Cl)cccc1Cl.CC(C)(C)[CH]=[W]=[N]c1c(Cl)cccc1Cl.CC(C)c1cccc(C(C)C)c1[N]=[Mo]=[CH]C(C)(C)c1ccccc1.Cc1ccc(C)[n-]1.Cc1ccc(C)[n-]1.Cc1ccc(C)[n-]1.Oc1c(-c2ccccc2)cc(Cl)cc1-c1ccccc1.Oc1c(-c2ccccc2)cc(Cl)cc1-c1ccccc1.Oc1cccc2cccnc12. The van der Waals surface area contributed by atoms with E-state index in [1.807, 2.05) is 254 Å². The zero-order chi connectivity index (χ0) is 92.1. The Morgan fingerprint density at radius 3 is 0.937 bits per heavy atom. The maximum Gasteiger partial charge on any atom is 0.141 e. The van der Waals surface area contributed by atoms with Crippen molar-refractivity contribution in [2.45, 2.75) is 142 Å². The number of aryl methyl sites for hydroxylation is 6. The molecule has 0 aliphatic heterocycles. The van der Waals surface area contributed by atoms with Gasteiger partial charge in [-0.1, -0.05) is 241 Å². The van der Waals surface area contributed by atoms with E-state index in [9.17, 15) is 15.3 Å². The number of nitrogens with zero attached hydrogens (tertiary/aromatic N) is 7. The first-order valence-electron chi connectivity index (χ1n) is 41.1. The fourth-order valence-electron chi connectivity index (χ4n) is 11.8. The molecule has 126 heavy (non-hydrogen) atoms. The summed E-state index contributed by atoms with van der Waals surface area (Å²) >= 11 is 34.2. The number of benzene rings is 11. The van der Waals surface area contributed by atoms with E-state index < -0.39 is 53.8 Å². The van der Waals surface area contributed by atoms with Crippen LogP contribution in [-0.4, -0.2) is 33.5 Å². The van der Waals surface area contributed by atoms with Crippen LogP contribution in [0.5, 0.6) is 17.2 Å². The third-order valence-electron chi connectivity index (χ3n) is 18.2. The van der Waals surface area contributed by atoms with Crippen LogP contribution in [0.25, 0.3) is 55.4 Å². The summed E-state index contributed by atoms with van der Waals surface area (Å²) in [6, 6.07) is 95.7. The summed E-state index contributed by atoms with van der Waals surface area (Å²) in [7, 11) is 0. The van der Waals surface area contributed by atoms with Crippen LogP contribution in [0.15, 0.2) is 314 Å². The standard InChI is InChI=1S/2C18H13ClO.C12H17N.C10H12.C9H7NO.2C6H3Cl2N.3C6H8N.2C5H10.Mo.2W/c2*19-15-11-16(13-7-3-1-4-8-13)18(20)17(12-15)14-9-5-2-6-10-14;1-8(2)10-6-5-7-11(9(3)4)12(10)13;1-10(2,3)9-7-5-4-6-8-9;11-8-5-1-3-7-4-2-6-10-9(7)8;2*7-4-2-1-3-5(8)6(4)9;3*1-5-3-4-6(2)7-5;2*1-5(2,3)4;;;/h2*1-12,20H;5-9H,1-4H3;1,4-8H,2-3H3;1-6,11H;2*1-3H;3*3-4H,1-2H3;2*1H,2-4H3;;;/q;;;;;;;3*-1;;;;;. The molecule has 0 amide bonds. The van der Waals surface area contributed by atoms with Gasteiger partial charge in [0, 0.05) is 43.9 Å². The van der Waals surface area contributed by atoms with Crippen molar-refractivity contribution < 1.29 is 69.1 Å². The third-order valence-corrected chi connectivity index (χ3v) is 30.2. The average molecular weight is 2220 g/mol. The minimum atomic E-state index is -0.850. The monoisotopic (exact) mass is 2220 g/mol. The molecule has 15 rings (SSSR count). The summed E-state index contributed by atoms with van der Waals surface area (Å²) in [6.45, 7) is 38.6. The molecule has 4 aromatic heterocycles. The van der Waals surface area contributed by atoms with E-state index in [2.05, 4.69) is 172 Å². The van der Waals surface area contributed by atoms with Gasteiger partial charge in [-0.05, 0) is 58.7 Å². The van der Waals surface area contributed by atoms with Gasteiger partial charge in [-0.25, -0.2) is 0 Å². The van der Waals surface area contributed by atoms with Crippen LogP contribution in [0.1, 0.15) is 146 Å². The van der Waals surface area contributed by atoms with Crippen molar-refractivity contribution in [1.82, 2.24) is 19.9 Å². The van der Waals surface area contributed by atoms with Gasteiger partial charge in [-0.15, -0.1) is 0 Å². The summed E-state index contributed by atoms with van der Waals surface area (Å²) in [5, 5.41) is 35.2. The molecular weight excluding hydrogens is 2110 g/mol. The molecular formula is C107H112Cl6MoN7O3W2-3. The molecule has 0 spiro atoms. The molecule has 4 heterocycles. The van der Waals surface area contributed by atoms with Gasteiger partial charge >= 0.3 is 374 Å². The summed E-state index contributed by atoms with van der Waals surface area (Å²) in [6.07, 6.45) is 1.67. The number of aromatic hydroxyl groups is 3. The largest absolute Gasteiger partial charge is 0.665 e. The van der Waals surface area contributed by atoms with Crippen molar-refractivity contribution in [2.24, 2.45) is 21.3 Å². The van der Waals surface area contributed by atoms with Gasteiger partial charge in [0.2, 0.25) is 0 Å². The van der Waals surface area contributed by atoms with Gasteiger partial charge in [0.15, 0.2) is 0 Å². The second-order valence-electron chi connectivity index (χ2n) is 32.7. The summed E-state index contributed by atoms with van der Waals surface area (Å²) < 4.78 is 21.3. The third kappa shape index (κ3) is 35.8. The van der Waals surface area contributed by atoms with Crippen molar-refractivity contribution in [1.29, 1.82) is 0 Å². The Balaban J connectivity index is 0.000000200. The zero-order valence-electron chi connectivity index (χ0n) is 74.7. The number of pyridine rings is 1. The molecule has 0 saturated heterocycles. The second kappa shape index (κ2) is 52.4. The van der Waals surface area contributed by atoms with E-state index in [1.54, 1.807) is 42.6 Å². The van der Waals surface area contributed by atoms with Gasteiger partial charge in [-0.2, -0.15) is 34.2 Å². The van der Waals surface area contributed by atoms with Crippen LogP contribution in [0.3, 0.4) is 0 Å². The molecule has 0 aliphatic rings. The molecule has 0 aliphatic carbocycles. The van der Waals surface area contributed by atoms with Crippen LogP contribution in [0, 0.1) is 52.4 Å². The van der Waals surface area contributed by atoms with E-state index in [0.29, 0.717) is 47.5 Å². The first kappa shape index (κ1) is 104. The zero-order valence-corrected chi connectivity index (χ0v) is 87.1. The van der Waals surface area contributed by atoms with E-state index in [1.165, 1.54) is 22.4 Å². The molecule has 11 aromatic carbocycles. The second-order valence-corrected chi connectivity index (χ2v) is 41.3. The molecule has 10 nitrogen and oxygen atoms in total. The molecule has 0 unspecified atom stereocenters. The summed E-state index contributed by atoms with van der Waals surface area (Å²) in [4.78, 5) is 16.4. The molecule has 19 heteroatoms. The number of phenols is 3. The Morgan fingerprint density at radius 1 is 0.357 bits per heavy atom. The molecule has 0 atom stereocenters. The number of halogens is 6. The molecule has 0 saturated carbocycles. The fourth-order valence-corrected chi connectivity index (χ4v) is 20.7. The van der Waals surface area contributed by atoms with Gasteiger partial charge in [0.25, 0.3) is 0 Å². The molecule has 0 fully saturated rings. The van der Waals surface area contributed by atoms with Gasteiger partial charge in [-0.3, -0.25) is 4.98 Å². The summed E-state index contributed by atoms with van der Waals surface area (Å²) in [5.41, 5.74) is 21.6. The Labute approximate surface area is 801 Å². The van der Waals surface area contributed by atoms with E-state index >= 15 is 0 Å². The number of phenolic OH excluding ortho intramolecular Hbond substituents is 3. The normalized spacial score (nSPS) is 10.6. The average Bonchev–Trinajstić information content (AvgIpc) is 0.851. The van der Waals surface area contributed by atoms with E-state index in [-0.39, 0.29) is 33.5 Å². The van der Waals surface area contributed by atoms with E-state index in [0.717, 1.165) is 95.4 Å². The van der Waals surface area contributed by atoms with Crippen molar-refractivity contribution >= 4 is 111 Å². The van der Waals surface area contributed by atoms with Crippen LogP contribution in [0.4, 0.5) is 17.1 Å². The molecule has 3 N–H and O–H groups in total. The first-order chi connectivity index (χ1) is 59.9. The van der Waals surface area contributed by atoms with Crippen molar-refractivity contribution in [2.75, 3.05) is 0 Å². The quantitative estimate of drug-likeness (QED) is 0.109. The maximum absolute atomic E-state index is 10.6. The Bertz CT molecular complexity index is 5580. The summed E-state index contributed by atoms with van der Waals surface area (Å²) in [5.74, 6) is 1.77. The number of hydrogen-bond acceptors (Lipinski definition) is 7. The van der Waals surface area contributed by atoms with Gasteiger partial charge in [0.05, 0.1) is 0 Å². The molecule has 0 bridgehead atoms. The Hall–Kier alpha value is -9.12. The smallest absolute Gasteiger partial charge is 0.141 e. The number of rotatable bonds is 11. The molecule has 656 valence electrons. The maximum atomic E-state index is 10.6. The minimum Gasteiger partial charge on any atom is -0.665 e. The van der Waals surface area contributed by atoms with Gasteiger partial charge < -0.3 is 30.3 Å². The van der Waals surface area contributed by atoms with Gasteiger partial charge in [0.1, 0.15) is 22.8 Å². The van der Waals surface area contributed by atoms with Crippen LogP contribution < -0.4 is 15.0 Å². The Morgan fingerprint density at radius 2 is 0.651 bits per heavy atom. The predicted octanol–water partition coefficient (Wildman–Crippen LogP) is 32.6. The Kier molecular flexibility index (Phi) is 43.2. The van der Waals surface area contributed by atoms with Crippen LogP contribution in [-0.2, 0) is 59.2 Å².